The zero-order valence-corrected chi connectivity index (χ0v) is 11.4. The van der Waals surface area contributed by atoms with Crippen molar-refractivity contribution in [2.45, 2.75) is 12.5 Å². The van der Waals surface area contributed by atoms with E-state index in [9.17, 15) is 13.2 Å². The monoisotopic (exact) mass is 329 g/mol. The second-order valence-corrected chi connectivity index (χ2v) is 5.04. The predicted molar refractivity (Wildman–Crippen MR) is 71.1 cm³/mol. The molecule has 2 N–H and O–H groups in total. The molecule has 0 saturated carbocycles. The van der Waals surface area contributed by atoms with Crippen LogP contribution in [-0.2, 0) is 6.42 Å². The Balaban J connectivity index is 2.25. The van der Waals surface area contributed by atoms with Gasteiger partial charge in [0.1, 0.15) is 5.82 Å². The second-order valence-electron chi connectivity index (χ2n) is 4.19. The standard InChI is InChI=1S/C14H11BrF3N/c15-11-7-9(16)5-4-8(11)6-13(19)10-2-1-3-12(17)14(10)18/h1-5,7,13H,6,19H2. The molecule has 0 amide bonds. The average Bonchev–Trinajstić information content (AvgIpc) is 2.36. The van der Waals surface area contributed by atoms with Crippen molar-refractivity contribution in [1.29, 1.82) is 0 Å². The Labute approximate surface area is 117 Å². The van der Waals surface area contributed by atoms with Crippen LogP contribution in [0.5, 0.6) is 0 Å². The van der Waals surface area contributed by atoms with Gasteiger partial charge in [-0.3, -0.25) is 0 Å². The molecule has 0 aromatic heterocycles. The van der Waals surface area contributed by atoms with Crippen molar-refractivity contribution in [2.75, 3.05) is 0 Å². The highest BCUT2D eigenvalue weighted by Crippen LogP contribution is 2.25. The fourth-order valence-corrected chi connectivity index (χ4v) is 2.35. The maximum absolute atomic E-state index is 13.6. The molecule has 2 aromatic rings. The molecular formula is C14H11BrF3N. The summed E-state index contributed by atoms with van der Waals surface area (Å²) in [5.41, 5.74) is 6.72. The Morgan fingerprint density at radius 1 is 1.11 bits per heavy atom. The Hall–Kier alpha value is -1.33. The van der Waals surface area contributed by atoms with E-state index in [4.69, 9.17) is 5.73 Å². The van der Waals surface area contributed by atoms with Gasteiger partial charge in [-0.1, -0.05) is 34.1 Å². The first kappa shape index (κ1) is 14.1. The third-order valence-corrected chi connectivity index (χ3v) is 3.57. The van der Waals surface area contributed by atoms with E-state index in [0.29, 0.717) is 4.47 Å². The van der Waals surface area contributed by atoms with Gasteiger partial charge in [-0.25, -0.2) is 13.2 Å². The molecule has 0 aliphatic carbocycles. The van der Waals surface area contributed by atoms with Gasteiger partial charge in [0.2, 0.25) is 0 Å². The number of rotatable bonds is 3. The number of hydrogen-bond donors (Lipinski definition) is 1. The minimum atomic E-state index is -0.937. The molecule has 19 heavy (non-hydrogen) atoms. The second kappa shape index (κ2) is 5.75. The fraction of sp³-hybridized carbons (Fsp3) is 0.143. The van der Waals surface area contributed by atoms with Crippen LogP contribution >= 0.6 is 15.9 Å². The Morgan fingerprint density at radius 3 is 2.53 bits per heavy atom. The largest absolute Gasteiger partial charge is 0.324 e. The normalized spacial score (nSPS) is 12.5. The van der Waals surface area contributed by atoms with Gasteiger partial charge in [0.25, 0.3) is 0 Å². The van der Waals surface area contributed by atoms with Crippen LogP contribution in [0.1, 0.15) is 17.2 Å². The Morgan fingerprint density at radius 2 is 1.84 bits per heavy atom. The van der Waals surface area contributed by atoms with Crippen LogP contribution in [0.15, 0.2) is 40.9 Å². The summed E-state index contributed by atoms with van der Waals surface area (Å²) >= 11 is 3.22. The highest BCUT2D eigenvalue weighted by Gasteiger charge is 2.16. The molecule has 0 heterocycles. The molecule has 0 fully saturated rings. The SMILES string of the molecule is NC(Cc1ccc(F)cc1Br)c1cccc(F)c1F. The summed E-state index contributed by atoms with van der Waals surface area (Å²) in [6.07, 6.45) is 0.279. The van der Waals surface area contributed by atoms with Gasteiger partial charge in [0, 0.05) is 16.1 Å². The molecule has 2 aromatic carbocycles. The molecule has 1 unspecified atom stereocenters. The lowest BCUT2D eigenvalue weighted by atomic mass is 9.99. The quantitative estimate of drug-likeness (QED) is 0.901. The number of nitrogens with two attached hydrogens (primary N) is 1. The van der Waals surface area contributed by atoms with E-state index in [1.165, 1.54) is 24.3 Å². The maximum Gasteiger partial charge on any atom is 0.163 e. The van der Waals surface area contributed by atoms with Gasteiger partial charge >= 0.3 is 0 Å². The first-order valence-electron chi connectivity index (χ1n) is 5.62. The maximum atomic E-state index is 13.6. The molecule has 5 heteroatoms. The van der Waals surface area contributed by atoms with E-state index < -0.39 is 17.7 Å². The molecule has 0 spiro atoms. The Bertz CT molecular complexity index is 601. The molecule has 2 rings (SSSR count). The molecule has 0 bridgehead atoms. The summed E-state index contributed by atoms with van der Waals surface area (Å²) in [6.45, 7) is 0. The van der Waals surface area contributed by atoms with Crippen molar-refractivity contribution in [3.05, 3.63) is 69.4 Å². The van der Waals surface area contributed by atoms with Crippen LogP contribution in [0, 0.1) is 17.5 Å². The van der Waals surface area contributed by atoms with E-state index in [-0.39, 0.29) is 17.8 Å². The summed E-state index contributed by atoms with van der Waals surface area (Å²) in [6, 6.07) is 7.38. The van der Waals surface area contributed by atoms with Crippen molar-refractivity contribution in [3.8, 4) is 0 Å². The number of hydrogen-bond acceptors (Lipinski definition) is 1. The first-order chi connectivity index (χ1) is 8.99. The highest BCUT2D eigenvalue weighted by atomic mass is 79.9. The van der Waals surface area contributed by atoms with Crippen molar-refractivity contribution in [2.24, 2.45) is 5.73 Å². The van der Waals surface area contributed by atoms with Gasteiger partial charge in [-0.15, -0.1) is 0 Å². The lowest BCUT2D eigenvalue weighted by molar-refractivity contribution is 0.488. The predicted octanol–water partition coefficient (Wildman–Crippen LogP) is 4.11. The highest BCUT2D eigenvalue weighted by molar-refractivity contribution is 9.10. The number of halogens is 4. The van der Waals surface area contributed by atoms with E-state index >= 15 is 0 Å². The fourth-order valence-electron chi connectivity index (χ4n) is 1.84. The minimum absolute atomic E-state index is 0.108. The van der Waals surface area contributed by atoms with Crippen LogP contribution in [0.25, 0.3) is 0 Å². The third kappa shape index (κ3) is 3.16. The van der Waals surface area contributed by atoms with Gasteiger partial charge in [0.15, 0.2) is 11.6 Å². The lowest BCUT2D eigenvalue weighted by Gasteiger charge is -2.14. The minimum Gasteiger partial charge on any atom is -0.324 e. The molecular weight excluding hydrogens is 319 g/mol. The van der Waals surface area contributed by atoms with Gasteiger partial charge in [-0.2, -0.15) is 0 Å². The molecule has 0 aliphatic rings. The van der Waals surface area contributed by atoms with E-state index in [1.807, 2.05) is 0 Å². The van der Waals surface area contributed by atoms with E-state index in [1.54, 1.807) is 6.07 Å². The topological polar surface area (TPSA) is 26.0 Å². The molecule has 1 atom stereocenters. The average molecular weight is 330 g/mol. The van der Waals surface area contributed by atoms with Crippen molar-refractivity contribution < 1.29 is 13.2 Å². The molecule has 1 nitrogen and oxygen atoms in total. The summed E-state index contributed by atoms with van der Waals surface area (Å²) < 4.78 is 40.2. The smallest absolute Gasteiger partial charge is 0.163 e. The van der Waals surface area contributed by atoms with Crippen molar-refractivity contribution in [3.63, 3.8) is 0 Å². The van der Waals surface area contributed by atoms with Crippen LogP contribution < -0.4 is 5.73 Å². The van der Waals surface area contributed by atoms with Gasteiger partial charge in [-0.05, 0) is 30.2 Å². The van der Waals surface area contributed by atoms with Crippen molar-refractivity contribution >= 4 is 15.9 Å². The summed E-state index contributed by atoms with van der Waals surface area (Å²) in [4.78, 5) is 0. The molecule has 0 radical (unpaired) electrons. The molecule has 0 aliphatic heterocycles. The van der Waals surface area contributed by atoms with Crippen LogP contribution in [0.2, 0.25) is 0 Å². The Kier molecular flexibility index (Phi) is 4.27. The van der Waals surface area contributed by atoms with E-state index in [2.05, 4.69) is 15.9 Å². The van der Waals surface area contributed by atoms with Crippen molar-refractivity contribution in [1.82, 2.24) is 0 Å². The summed E-state index contributed by atoms with van der Waals surface area (Å²) in [5, 5.41) is 0. The first-order valence-corrected chi connectivity index (χ1v) is 6.41. The van der Waals surface area contributed by atoms with Gasteiger partial charge in [0.05, 0.1) is 0 Å². The zero-order valence-electron chi connectivity index (χ0n) is 9.84. The van der Waals surface area contributed by atoms with Crippen LogP contribution in [0.3, 0.4) is 0 Å². The van der Waals surface area contributed by atoms with E-state index in [0.717, 1.165) is 11.6 Å². The third-order valence-electron chi connectivity index (χ3n) is 2.84. The summed E-state index contributed by atoms with van der Waals surface area (Å²) in [7, 11) is 0. The summed E-state index contributed by atoms with van der Waals surface area (Å²) in [5.74, 6) is -2.24. The van der Waals surface area contributed by atoms with Gasteiger partial charge < -0.3 is 5.73 Å². The van der Waals surface area contributed by atoms with Crippen LogP contribution in [0.4, 0.5) is 13.2 Å². The van der Waals surface area contributed by atoms with Crippen LogP contribution in [-0.4, -0.2) is 0 Å². The lowest BCUT2D eigenvalue weighted by Crippen LogP contribution is -2.16. The molecule has 100 valence electrons. The zero-order chi connectivity index (χ0) is 14.0. The molecule has 0 saturated heterocycles. The number of benzene rings is 2.